The van der Waals surface area contributed by atoms with Crippen LogP contribution >= 0.6 is 12.6 Å². The standard InChI is InChI=1S/C11H23NO2S/c1-2-3-4-5-6-7-8-12-10(9-15)11(13)14/h10,12,15H,2-9H2,1H3,(H,13,14)/t10-/m0/s1. The highest BCUT2D eigenvalue weighted by atomic mass is 32.1. The number of hydrogen-bond donors (Lipinski definition) is 3. The Hall–Kier alpha value is -0.220. The summed E-state index contributed by atoms with van der Waals surface area (Å²) < 4.78 is 0. The predicted octanol–water partition coefficient (Wildman–Crippen LogP) is 2.32. The monoisotopic (exact) mass is 233 g/mol. The van der Waals surface area contributed by atoms with Gasteiger partial charge in [0.1, 0.15) is 6.04 Å². The molecule has 0 bridgehead atoms. The first-order valence-corrected chi connectivity index (χ1v) is 6.42. The van der Waals surface area contributed by atoms with Crippen molar-refractivity contribution < 1.29 is 9.90 Å². The molecule has 1 atom stereocenters. The summed E-state index contributed by atoms with van der Waals surface area (Å²) in [5.74, 6) is -0.457. The van der Waals surface area contributed by atoms with E-state index in [0.717, 1.165) is 13.0 Å². The average Bonchev–Trinajstić information content (AvgIpc) is 2.21. The summed E-state index contributed by atoms with van der Waals surface area (Å²) in [4.78, 5) is 10.6. The summed E-state index contributed by atoms with van der Waals surface area (Å²) in [6.07, 6.45) is 7.37. The van der Waals surface area contributed by atoms with E-state index in [-0.39, 0.29) is 0 Å². The number of aliphatic carboxylic acids is 1. The number of carboxylic acids is 1. The van der Waals surface area contributed by atoms with Crippen molar-refractivity contribution in [3.05, 3.63) is 0 Å². The molecule has 0 aromatic rings. The van der Waals surface area contributed by atoms with E-state index in [0.29, 0.717) is 5.75 Å². The van der Waals surface area contributed by atoms with E-state index < -0.39 is 12.0 Å². The molecule has 0 saturated heterocycles. The number of unbranched alkanes of at least 4 members (excludes halogenated alkanes) is 5. The van der Waals surface area contributed by atoms with Gasteiger partial charge in [-0.25, -0.2) is 0 Å². The van der Waals surface area contributed by atoms with Gasteiger partial charge >= 0.3 is 5.97 Å². The van der Waals surface area contributed by atoms with Gasteiger partial charge in [0.05, 0.1) is 0 Å². The van der Waals surface area contributed by atoms with E-state index in [1.165, 1.54) is 32.1 Å². The normalized spacial score (nSPS) is 12.7. The molecule has 0 saturated carbocycles. The van der Waals surface area contributed by atoms with Crippen LogP contribution in [0.4, 0.5) is 0 Å². The lowest BCUT2D eigenvalue weighted by molar-refractivity contribution is -0.138. The van der Waals surface area contributed by atoms with Crippen molar-refractivity contribution >= 4 is 18.6 Å². The second-order valence-corrected chi connectivity index (χ2v) is 4.16. The molecule has 0 heterocycles. The van der Waals surface area contributed by atoms with Crippen LogP contribution in [0.2, 0.25) is 0 Å². The van der Waals surface area contributed by atoms with Crippen molar-refractivity contribution in [2.75, 3.05) is 12.3 Å². The SMILES string of the molecule is CCCCCCCCN[C@@H](CS)C(=O)O. The predicted molar refractivity (Wildman–Crippen MR) is 66.7 cm³/mol. The molecule has 0 radical (unpaired) electrons. The third-order valence-electron chi connectivity index (χ3n) is 2.40. The van der Waals surface area contributed by atoms with Gasteiger partial charge in [-0.3, -0.25) is 4.79 Å². The molecule has 0 aliphatic rings. The summed E-state index contributed by atoms with van der Waals surface area (Å²) in [6, 6.07) is -0.496. The van der Waals surface area contributed by atoms with Crippen LogP contribution in [-0.4, -0.2) is 29.4 Å². The lowest BCUT2D eigenvalue weighted by atomic mass is 10.1. The van der Waals surface area contributed by atoms with Gasteiger partial charge < -0.3 is 10.4 Å². The highest BCUT2D eigenvalue weighted by molar-refractivity contribution is 7.80. The van der Waals surface area contributed by atoms with Crippen LogP contribution in [0.3, 0.4) is 0 Å². The van der Waals surface area contributed by atoms with Crippen LogP contribution in [0.15, 0.2) is 0 Å². The van der Waals surface area contributed by atoms with Crippen LogP contribution in [-0.2, 0) is 4.79 Å². The summed E-state index contributed by atoms with van der Waals surface area (Å²) in [5, 5.41) is 11.7. The van der Waals surface area contributed by atoms with Crippen molar-refractivity contribution in [3.63, 3.8) is 0 Å². The molecule has 4 heteroatoms. The fourth-order valence-corrected chi connectivity index (χ4v) is 1.70. The molecule has 0 aliphatic heterocycles. The summed E-state index contributed by atoms with van der Waals surface area (Å²) in [6.45, 7) is 2.98. The number of carbonyl (C=O) groups is 1. The third kappa shape index (κ3) is 8.75. The maximum atomic E-state index is 10.6. The summed E-state index contributed by atoms with van der Waals surface area (Å²) in [5.41, 5.74) is 0. The highest BCUT2D eigenvalue weighted by Crippen LogP contribution is 2.04. The van der Waals surface area contributed by atoms with Gasteiger partial charge in [0, 0.05) is 5.75 Å². The van der Waals surface area contributed by atoms with E-state index >= 15 is 0 Å². The number of rotatable bonds is 10. The smallest absolute Gasteiger partial charge is 0.321 e. The maximum Gasteiger partial charge on any atom is 0.321 e. The number of carboxylic acid groups (broad SMARTS) is 1. The Morgan fingerprint density at radius 1 is 1.27 bits per heavy atom. The Balaban J connectivity index is 3.25. The lowest BCUT2D eigenvalue weighted by Gasteiger charge is -2.11. The third-order valence-corrected chi connectivity index (χ3v) is 2.77. The first-order valence-electron chi connectivity index (χ1n) is 5.79. The fourth-order valence-electron chi connectivity index (χ4n) is 1.41. The molecule has 0 unspecified atom stereocenters. The van der Waals surface area contributed by atoms with E-state index in [4.69, 9.17) is 5.11 Å². The lowest BCUT2D eigenvalue weighted by Crippen LogP contribution is -2.38. The summed E-state index contributed by atoms with van der Waals surface area (Å²) >= 11 is 3.98. The van der Waals surface area contributed by atoms with Crippen LogP contribution in [0, 0.1) is 0 Å². The Morgan fingerprint density at radius 3 is 2.40 bits per heavy atom. The molecule has 0 aromatic heterocycles. The van der Waals surface area contributed by atoms with Crippen LogP contribution < -0.4 is 5.32 Å². The Labute approximate surface area is 98.0 Å². The molecule has 0 aliphatic carbocycles. The largest absolute Gasteiger partial charge is 0.480 e. The van der Waals surface area contributed by atoms with Gasteiger partial charge in [-0.15, -0.1) is 0 Å². The minimum atomic E-state index is -0.809. The zero-order valence-electron chi connectivity index (χ0n) is 9.54. The van der Waals surface area contributed by atoms with Gasteiger partial charge in [0.15, 0.2) is 0 Å². The van der Waals surface area contributed by atoms with Crippen molar-refractivity contribution in [2.45, 2.75) is 51.5 Å². The van der Waals surface area contributed by atoms with Gasteiger partial charge in [0.2, 0.25) is 0 Å². The first kappa shape index (κ1) is 14.8. The molecule has 15 heavy (non-hydrogen) atoms. The van der Waals surface area contributed by atoms with Crippen LogP contribution in [0.25, 0.3) is 0 Å². The van der Waals surface area contributed by atoms with E-state index in [2.05, 4.69) is 24.9 Å². The van der Waals surface area contributed by atoms with E-state index in [1.54, 1.807) is 0 Å². The van der Waals surface area contributed by atoms with Gasteiger partial charge in [-0.2, -0.15) is 12.6 Å². The van der Waals surface area contributed by atoms with Crippen molar-refractivity contribution in [1.82, 2.24) is 5.32 Å². The molecule has 0 amide bonds. The quantitative estimate of drug-likeness (QED) is 0.401. The highest BCUT2D eigenvalue weighted by Gasteiger charge is 2.13. The minimum absolute atomic E-state index is 0.352. The van der Waals surface area contributed by atoms with E-state index in [1.807, 2.05) is 0 Å². The Bertz CT molecular complexity index is 165. The van der Waals surface area contributed by atoms with Crippen molar-refractivity contribution in [1.29, 1.82) is 0 Å². The van der Waals surface area contributed by atoms with Gasteiger partial charge in [0.25, 0.3) is 0 Å². The average molecular weight is 233 g/mol. The molecule has 2 N–H and O–H groups in total. The molecule has 0 spiro atoms. The topological polar surface area (TPSA) is 49.3 Å². The maximum absolute atomic E-state index is 10.6. The van der Waals surface area contributed by atoms with Crippen LogP contribution in [0.5, 0.6) is 0 Å². The zero-order chi connectivity index (χ0) is 11.5. The first-order chi connectivity index (χ1) is 7.22. The van der Waals surface area contributed by atoms with Gasteiger partial charge in [-0.05, 0) is 13.0 Å². The van der Waals surface area contributed by atoms with Crippen LogP contribution in [0.1, 0.15) is 45.4 Å². The number of nitrogens with one attached hydrogen (secondary N) is 1. The molecule has 90 valence electrons. The Kier molecular flexibility index (Phi) is 10.2. The van der Waals surface area contributed by atoms with E-state index in [9.17, 15) is 4.79 Å². The molecule has 0 rings (SSSR count). The van der Waals surface area contributed by atoms with Crippen molar-refractivity contribution in [2.24, 2.45) is 0 Å². The molecule has 0 fully saturated rings. The minimum Gasteiger partial charge on any atom is -0.480 e. The molecular weight excluding hydrogens is 210 g/mol. The van der Waals surface area contributed by atoms with Crippen molar-refractivity contribution in [3.8, 4) is 0 Å². The number of thiol groups is 1. The molecule has 0 aromatic carbocycles. The fraction of sp³-hybridized carbons (Fsp3) is 0.909. The second kappa shape index (κ2) is 10.3. The molecular formula is C11H23NO2S. The molecule has 3 nitrogen and oxygen atoms in total. The zero-order valence-corrected chi connectivity index (χ0v) is 10.4. The second-order valence-electron chi connectivity index (χ2n) is 3.80. The number of hydrogen-bond acceptors (Lipinski definition) is 3. The Morgan fingerprint density at radius 2 is 1.87 bits per heavy atom. The summed E-state index contributed by atoms with van der Waals surface area (Å²) in [7, 11) is 0. The van der Waals surface area contributed by atoms with Gasteiger partial charge in [-0.1, -0.05) is 39.0 Å².